The Kier molecular flexibility index (Phi) is 20.1. The molecule has 71 heavy (non-hydrogen) atoms. The fraction of sp³-hybridized carbons (Fsp3) is 0.929. The molecular weight excluding hydrogens is 1010 g/mol. The molecule has 8 fully saturated rings. The Morgan fingerprint density at radius 3 is 1.23 bits per heavy atom. The normalized spacial score (nSPS) is 43.5. The fourth-order valence-corrected chi connectivity index (χ4v) is 20.0. The number of nitrogens with one attached hydrogen (secondary N) is 2. The number of aliphatic hydroxyl groups is 2. The van der Waals surface area contributed by atoms with E-state index in [4.69, 9.17) is 9.11 Å². The van der Waals surface area contributed by atoms with E-state index in [1.54, 1.807) is 0 Å². The maximum Gasteiger partial charge on any atom is 0.266 e. The maximum absolute atomic E-state index is 12.3. The van der Waals surface area contributed by atoms with Gasteiger partial charge in [0.15, 0.2) is 0 Å². The van der Waals surface area contributed by atoms with Crippen molar-refractivity contribution in [1.29, 1.82) is 0 Å². The Morgan fingerprint density at radius 1 is 0.549 bits per heavy atom. The third-order valence-corrected chi connectivity index (χ3v) is 24.4. The molecule has 407 valence electrons. The van der Waals surface area contributed by atoms with Crippen molar-refractivity contribution >= 4 is 32.1 Å². The molecule has 20 atom stereocenters. The first-order valence-corrected chi connectivity index (χ1v) is 31.4. The summed E-state index contributed by atoms with van der Waals surface area (Å²) in [6.45, 7) is 23.5. The molecule has 0 spiro atoms. The number of hydrogen-bond donors (Lipinski definition) is 6. The smallest absolute Gasteiger partial charge is 0.266 e. The number of hydrogen-bond acceptors (Lipinski definition) is 8. The van der Waals surface area contributed by atoms with Crippen LogP contribution in [0.2, 0.25) is 0 Å². The Labute approximate surface area is 455 Å². The summed E-state index contributed by atoms with van der Waals surface area (Å²) < 4.78 is 61.2. The third-order valence-electron chi connectivity index (χ3n) is 22.9. The van der Waals surface area contributed by atoms with Crippen molar-refractivity contribution in [2.75, 3.05) is 24.6 Å². The molecule has 6 N–H and O–H groups in total. The van der Waals surface area contributed by atoms with E-state index < -0.39 is 31.7 Å². The van der Waals surface area contributed by atoms with E-state index in [9.17, 15) is 36.6 Å². The van der Waals surface area contributed by atoms with E-state index >= 15 is 0 Å². The predicted octanol–water partition coefficient (Wildman–Crippen LogP) is 9.75. The van der Waals surface area contributed by atoms with Crippen LogP contribution in [0.3, 0.4) is 0 Å². The minimum atomic E-state index is -4.05. The van der Waals surface area contributed by atoms with Crippen LogP contribution < -0.4 is 10.6 Å². The molecule has 8 rings (SSSR count). The minimum absolute atomic E-state index is 0. The maximum atomic E-state index is 12.3. The molecule has 1 radical (unpaired) electrons. The van der Waals surface area contributed by atoms with Crippen LogP contribution in [0.4, 0.5) is 0 Å². The summed E-state index contributed by atoms with van der Waals surface area (Å²) in [7, 11) is -8.10. The largest absolute Gasteiger partial charge is 0.393 e. The predicted molar refractivity (Wildman–Crippen MR) is 276 cm³/mol. The minimum Gasteiger partial charge on any atom is -0.393 e. The molecule has 2 amide bonds. The molecule has 8 aliphatic rings. The van der Waals surface area contributed by atoms with E-state index in [1.165, 1.54) is 77.0 Å². The number of amides is 2. The molecule has 0 aliphatic heterocycles. The Hall–Kier alpha value is -0.216. The van der Waals surface area contributed by atoms with E-state index in [0.29, 0.717) is 81.8 Å². The van der Waals surface area contributed by atoms with E-state index in [1.807, 2.05) is 0 Å². The van der Waals surface area contributed by atoms with Gasteiger partial charge in [0.1, 0.15) is 0 Å². The van der Waals surface area contributed by atoms with Crippen LogP contribution in [0.1, 0.15) is 183 Å². The summed E-state index contributed by atoms with van der Waals surface area (Å²) in [6.07, 6.45) is 23.0. The third kappa shape index (κ3) is 12.9. The molecule has 0 saturated heterocycles. The van der Waals surface area contributed by atoms with Crippen LogP contribution in [0.25, 0.3) is 0 Å². The average molecular weight is 1110 g/mol. The van der Waals surface area contributed by atoms with Crippen LogP contribution in [0.15, 0.2) is 0 Å². The number of rotatable bonds is 16. The summed E-state index contributed by atoms with van der Waals surface area (Å²) in [5.74, 6) is 8.02. The first-order chi connectivity index (χ1) is 32.8. The van der Waals surface area contributed by atoms with Crippen molar-refractivity contribution in [3.63, 3.8) is 0 Å². The summed E-state index contributed by atoms with van der Waals surface area (Å²) in [5, 5.41) is 26.1. The number of carbonyl (C=O) groups excluding carboxylic acids is 2. The standard InChI is InChI=1S/2C28H48NO5S.Y/c2*1-5-19-16-20-17-21(30)10-12-27(20,3)24-11-13-28(4)22(7-8-23(28)26(19)24)18(2)6-9-25(31)29-14-15-35(32,33)34;/h2*18-24,26,30H,1,5-17H2,2-4H3,(H,29,31)(H,32,33,34);/q2*-1;/t18-,19-,20?,21+,22+,23-,24-,26-,27-,28+;18-,19-,20?,21+,22-,23-,24-,26-,27-,28+;/m11./s1. The quantitative estimate of drug-likeness (QED) is 0.0637. The average Bonchev–Trinajstić information content (AvgIpc) is 3.83. The number of fused-ring (bicyclic) bond motifs is 10. The van der Waals surface area contributed by atoms with Crippen molar-refractivity contribution in [2.45, 2.75) is 195 Å². The first kappa shape index (κ1) is 60.0. The van der Waals surface area contributed by atoms with Crippen molar-refractivity contribution in [1.82, 2.24) is 10.6 Å². The summed E-state index contributed by atoms with van der Waals surface area (Å²) >= 11 is 0. The van der Waals surface area contributed by atoms with Gasteiger partial charge < -0.3 is 34.7 Å². The van der Waals surface area contributed by atoms with Crippen molar-refractivity contribution in [3.05, 3.63) is 13.8 Å². The number of carbonyl (C=O) groups is 2. The van der Waals surface area contributed by atoms with Gasteiger partial charge in [0, 0.05) is 58.6 Å². The molecule has 0 aromatic rings. The number of aliphatic hydroxyl groups excluding tert-OH is 2. The Morgan fingerprint density at radius 2 is 0.887 bits per heavy atom. The Balaban J connectivity index is 0.000000229. The molecule has 8 aliphatic carbocycles. The molecule has 15 heteroatoms. The van der Waals surface area contributed by atoms with Crippen LogP contribution in [-0.2, 0) is 62.5 Å². The van der Waals surface area contributed by atoms with E-state index in [0.717, 1.165) is 86.9 Å². The van der Waals surface area contributed by atoms with Crippen molar-refractivity contribution < 1.29 is 78.5 Å². The summed E-state index contributed by atoms with van der Waals surface area (Å²) in [6, 6.07) is 0. The van der Waals surface area contributed by atoms with Gasteiger partial charge in [-0.1, -0.05) is 53.4 Å². The van der Waals surface area contributed by atoms with Gasteiger partial charge in [0.05, 0.1) is 23.7 Å². The van der Waals surface area contributed by atoms with Gasteiger partial charge in [0.2, 0.25) is 11.8 Å². The van der Waals surface area contributed by atoms with E-state index in [-0.39, 0.29) is 69.8 Å². The van der Waals surface area contributed by atoms with Gasteiger partial charge in [-0.2, -0.15) is 29.7 Å². The van der Waals surface area contributed by atoms with Gasteiger partial charge >= 0.3 is 0 Å². The van der Waals surface area contributed by atoms with E-state index in [2.05, 4.69) is 66.0 Å². The molecule has 8 saturated carbocycles. The van der Waals surface area contributed by atoms with Crippen molar-refractivity contribution in [3.8, 4) is 0 Å². The van der Waals surface area contributed by atoms with Crippen molar-refractivity contribution in [2.24, 2.45) is 105 Å². The van der Waals surface area contributed by atoms with Gasteiger partial charge in [-0.25, -0.2) is 0 Å². The van der Waals surface area contributed by atoms with Gasteiger partial charge in [0.25, 0.3) is 20.2 Å². The molecule has 0 aromatic carbocycles. The fourth-order valence-electron chi connectivity index (χ4n) is 19.3. The molecule has 2 unspecified atom stereocenters. The van der Waals surface area contributed by atoms with Crippen LogP contribution in [0, 0.1) is 118 Å². The second kappa shape index (κ2) is 23.8. The molecule has 12 nitrogen and oxygen atoms in total. The second-order valence-electron chi connectivity index (χ2n) is 26.2. The molecule has 0 bridgehead atoms. The zero-order valence-electron chi connectivity index (χ0n) is 44.7. The topological polar surface area (TPSA) is 207 Å². The molecular formula is C56H96N2O10S2Y-2. The SMILES string of the molecule is [CH2-]C[C@@H]1CC2C[C@@H](O)CC[C@@]2(C)[C@@H]2CC[C@]3(C)[C@H](CC[C@@H]3[C@H](C)CCC(=O)NCCS(=O)(=O)O)[C@@H]12.[CH2-]C[C@@H]1CC2C[C@@H](O)CC[C@@]2(C)[C@@H]2CC[C@]3(C)[C@H](CC[C@H]3[C@H](C)CCC(=O)NCCS(=O)(=O)O)[C@@H]12.[Y]. The summed E-state index contributed by atoms with van der Waals surface area (Å²) in [5.41, 5.74) is 1.35. The monoisotopic (exact) mass is 1110 g/mol. The second-order valence-corrected chi connectivity index (χ2v) is 29.3. The van der Waals surface area contributed by atoms with Crippen LogP contribution >= 0.6 is 0 Å². The van der Waals surface area contributed by atoms with Gasteiger partial charge in [-0.3, -0.25) is 18.7 Å². The zero-order chi connectivity index (χ0) is 51.2. The van der Waals surface area contributed by atoms with Crippen LogP contribution in [0.5, 0.6) is 0 Å². The van der Waals surface area contributed by atoms with Crippen LogP contribution in [-0.4, -0.2) is 84.8 Å². The van der Waals surface area contributed by atoms with Gasteiger partial charge in [-0.05, 0) is 208 Å². The zero-order valence-corrected chi connectivity index (χ0v) is 49.1. The molecule has 0 heterocycles. The molecule has 0 aromatic heterocycles. The van der Waals surface area contributed by atoms with Gasteiger partial charge in [-0.15, -0.1) is 0 Å². The first-order valence-electron chi connectivity index (χ1n) is 28.2. The summed E-state index contributed by atoms with van der Waals surface area (Å²) in [4.78, 5) is 24.5. The Bertz CT molecular complexity index is 1900.